The number of aliphatic imine (C=N–C) groups is 1. The number of nitrogens with zero attached hydrogens (tertiary/aromatic N) is 2. The van der Waals surface area contributed by atoms with Gasteiger partial charge in [0.2, 0.25) is 0 Å². The molecule has 0 radical (unpaired) electrons. The molecule has 4 heteroatoms. The van der Waals surface area contributed by atoms with Crippen molar-refractivity contribution in [2.24, 2.45) is 10.7 Å². The van der Waals surface area contributed by atoms with Crippen LogP contribution in [-0.2, 0) is 0 Å². The molecule has 1 atom stereocenters. The molecule has 0 saturated heterocycles. The highest BCUT2D eigenvalue weighted by Crippen LogP contribution is 2.15. The Kier molecular flexibility index (Phi) is 3.50. The Morgan fingerprint density at radius 1 is 1.47 bits per heavy atom. The molecule has 2 rings (SSSR count). The van der Waals surface area contributed by atoms with E-state index in [1.54, 1.807) is 11.3 Å². The third-order valence-electron chi connectivity index (χ3n) is 2.43. The summed E-state index contributed by atoms with van der Waals surface area (Å²) in [6.45, 7) is 0. The summed E-state index contributed by atoms with van der Waals surface area (Å²) in [7, 11) is 0. The Bertz CT molecular complexity index is 354. The fraction of sp³-hybridized carbons (Fsp3) is 0.455. The Balaban J connectivity index is 2.01. The van der Waals surface area contributed by atoms with Gasteiger partial charge in [-0.1, -0.05) is 12.5 Å². The maximum atomic E-state index is 5.78. The average Bonchev–Trinajstić information content (AvgIpc) is 2.65. The number of hydrogen-bond acceptors (Lipinski definition) is 4. The molecule has 3 nitrogen and oxygen atoms in total. The molecule has 0 aliphatic carbocycles. The van der Waals surface area contributed by atoms with Crippen molar-refractivity contribution in [2.45, 2.75) is 31.7 Å². The quantitative estimate of drug-likeness (QED) is 0.834. The fourth-order valence-corrected chi connectivity index (χ4v) is 2.19. The number of thiazole rings is 1. The number of nitrogens with two attached hydrogens (primary N) is 1. The average molecular weight is 221 g/mol. The van der Waals surface area contributed by atoms with Gasteiger partial charge in [0.25, 0.3) is 0 Å². The first-order valence-electron chi connectivity index (χ1n) is 5.24. The van der Waals surface area contributed by atoms with Gasteiger partial charge in [-0.15, -0.1) is 11.3 Å². The molecule has 15 heavy (non-hydrogen) atoms. The predicted octanol–water partition coefficient (Wildman–Crippen LogP) is 2.46. The highest BCUT2D eigenvalue weighted by molar-refractivity contribution is 7.10. The first-order valence-corrected chi connectivity index (χ1v) is 6.12. The Morgan fingerprint density at radius 3 is 3.20 bits per heavy atom. The van der Waals surface area contributed by atoms with Crippen LogP contribution in [0.2, 0.25) is 0 Å². The van der Waals surface area contributed by atoms with Crippen molar-refractivity contribution >= 4 is 23.2 Å². The van der Waals surface area contributed by atoms with E-state index in [1.807, 2.05) is 17.7 Å². The Morgan fingerprint density at radius 2 is 2.40 bits per heavy atom. The smallest absolute Gasteiger partial charge is 0.115 e. The van der Waals surface area contributed by atoms with Crippen LogP contribution in [0.4, 0.5) is 0 Å². The van der Waals surface area contributed by atoms with E-state index in [0.717, 1.165) is 30.1 Å². The van der Waals surface area contributed by atoms with Gasteiger partial charge in [-0.3, -0.25) is 4.99 Å². The molecule has 1 aliphatic heterocycles. The Hall–Kier alpha value is -1.16. The summed E-state index contributed by atoms with van der Waals surface area (Å²) in [6.07, 6.45) is 10.4. The molecule has 0 amide bonds. The van der Waals surface area contributed by atoms with Crippen molar-refractivity contribution in [3.8, 4) is 0 Å². The lowest BCUT2D eigenvalue weighted by atomic mass is 10.1. The maximum Gasteiger partial charge on any atom is 0.115 e. The van der Waals surface area contributed by atoms with Crippen molar-refractivity contribution < 1.29 is 0 Å². The van der Waals surface area contributed by atoms with Gasteiger partial charge in [0, 0.05) is 18.0 Å². The summed E-state index contributed by atoms with van der Waals surface area (Å²) >= 11 is 1.64. The minimum atomic E-state index is 0.247. The molecule has 0 spiro atoms. The minimum Gasteiger partial charge on any atom is -0.387 e. The van der Waals surface area contributed by atoms with Crippen molar-refractivity contribution in [3.63, 3.8) is 0 Å². The van der Waals surface area contributed by atoms with Gasteiger partial charge < -0.3 is 5.73 Å². The second-order valence-corrected chi connectivity index (χ2v) is 4.59. The van der Waals surface area contributed by atoms with Crippen LogP contribution >= 0.6 is 11.3 Å². The molecule has 1 aliphatic rings. The molecule has 0 saturated carbocycles. The second kappa shape index (κ2) is 5.07. The van der Waals surface area contributed by atoms with Crippen molar-refractivity contribution in [1.82, 2.24) is 4.98 Å². The molecule has 1 aromatic rings. The lowest BCUT2D eigenvalue weighted by Gasteiger charge is -2.03. The lowest BCUT2D eigenvalue weighted by Crippen LogP contribution is -2.12. The lowest BCUT2D eigenvalue weighted by molar-refractivity contribution is 0.669. The molecule has 0 bridgehead atoms. The molecule has 1 unspecified atom stereocenters. The van der Waals surface area contributed by atoms with E-state index < -0.39 is 0 Å². The standard InChI is InChI=1S/C11H15N3S/c12-10-4-2-1-3-9(14-10)5-6-11-13-7-8-15-11/h5-9H,1-4H2,(H2,12,14). The first-order chi connectivity index (χ1) is 7.34. The highest BCUT2D eigenvalue weighted by Gasteiger charge is 2.08. The van der Waals surface area contributed by atoms with Gasteiger partial charge in [-0.2, -0.15) is 0 Å². The summed E-state index contributed by atoms with van der Waals surface area (Å²) in [6, 6.07) is 0.247. The van der Waals surface area contributed by atoms with Crippen LogP contribution in [-0.4, -0.2) is 16.9 Å². The molecule has 2 heterocycles. The summed E-state index contributed by atoms with van der Waals surface area (Å²) in [5, 5.41) is 3.01. The van der Waals surface area contributed by atoms with E-state index in [0.29, 0.717) is 0 Å². The maximum absolute atomic E-state index is 5.78. The number of rotatable bonds is 2. The normalized spacial score (nSPS) is 22.7. The van der Waals surface area contributed by atoms with Gasteiger partial charge in [0.15, 0.2) is 0 Å². The first kappa shape index (κ1) is 10.4. The van der Waals surface area contributed by atoms with Crippen LogP contribution < -0.4 is 5.73 Å². The highest BCUT2D eigenvalue weighted by atomic mass is 32.1. The predicted molar refractivity (Wildman–Crippen MR) is 65.0 cm³/mol. The third-order valence-corrected chi connectivity index (χ3v) is 3.17. The summed E-state index contributed by atoms with van der Waals surface area (Å²) in [4.78, 5) is 8.65. The zero-order valence-electron chi connectivity index (χ0n) is 8.60. The number of hydrogen-bond donors (Lipinski definition) is 1. The van der Waals surface area contributed by atoms with E-state index in [4.69, 9.17) is 5.73 Å². The van der Waals surface area contributed by atoms with Crippen molar-refractivity contribution in [1.29, 1.82) is 0 Å². The zero-order chi connectivity index (χ0) is 10.5. The minimum absolute atomic E-state index is 0.247. The van der Waals surface area contributed by atoms with Crippen molar-refractivity contribution in [3.05, 3.63) is 22.7 Å². The fourth-order valence-electron chi connectivity index (χ4n) is 1.65. The van der Waals surface area contributed by atoms with Gasteiger partial charge in [-0.05, 0) is 18.9 Å². The molecular weight excluding hydrogens is 206 g/mol. The van der Waals surface area contributed by atoms with Gasteiger partial charge in [-0.25, -0.2) is 4.98 Å². The van der Waals surface area contributed by atoms with Crippen LogP contribution in [0.15, 0.2) is 22.6 Å². The van der Waals surface area contributed by atoms with Crippen LogP contribution in [0.3, 0.4) is 0 Å². The van der Waals surface area contributed by atoms with Crippen LogP contribution in [0.25, 0.3) is 6.08 Å². The van der Waals surface area contributed by atoms with Gasteiger partial charge >= 0.3 is 0 Å². The largest absolute Gasteiger partial charge is 0.387 e. The molecule has 2 N–H and O–H groups in total. The van der Waals surface area contributed by atoms with Crippen LogP contribution in [0.1, 0.15) is 30.7 Å². The van der Waals surface area contributed by atoms with Crippen LogP contribution in [0, 0.1) is 0 Å². The van der Waals surface area contributed by atoms with E-state index >= 15 is 0 Å². The number of aromatic nitrogens is 1. The van der Waals surface area contributed by atoms with Gasteiger partial charge in [0.1, 0.15) is 5.01 Å². The molecule has 0 fully saturated rings. The van der Waals surface area contributed by atoms with E-state index in [-0.39, 0.29) is 6.04 Å². The number of amidine groups is 1. The van der Waals surface area contributed by atoms with E-state index in [9.17, 15) is 0 Å². The Labute approximate surface area is 93.8 Å². The van der Waals surface area contributed by atoms with E-state index in [1.165, 1.54) is 6.42 Å². The summed E-state index contributed by atoms with van der Waals surface area (Å²) in [5.74, 6) is 0.793. The molecule has 0 aromatic carbocycles. The summed E-state index contributed by atoms with van der Waals surface area (Å²) in [5.41, 5.74) is 5.78. The monoisotopic (exact) mass is 221 g/mol. The van der Waals surface area contributed by atoms with Crippen LogP contribution in [0.5, 0.6) is 0 Å². The molecular formula is C11H15N3S. The SMILES string of the molecule is NC1=NC(C=Cc2nccs2)CCCC1. The molecule has 1 aromatic heterocycles. The second-order valence-electron chi connectivity index (χ2n) is 3.66. The third kappa shape index (κ3) is 3.16. The van der Waals surface area contributed by atoms with Gasteiger partial charge in [0.05, 0.1) is 11.9 Å². The van der Waals surface area contributed by atoms with E-state index in [2.05, 4.69) is 16.1 Å². The topological polar surface area (TPSA) is 51.3 Å². The van der Waals surface area contributed by atoms with Crippen molar-refractivity contribution in [2.75, 3.05) is 0 Å². The zero-order valence-corrected chi connectivity index (χ0v) is 9.41. The summed E-state index contributed by atoms with van der Waals surface area (Å²) < 4.78 is 0. The molecule has 80 valence electrons.